The highest BCUT2D eigenvalue weighted by Gasteiger charge is 2.17. The lowest BCUT2D eigenvalue weighted by Crippen LogP contribution is -2.17. The second kappa shape index (κ2) is 8.24. The maximum Gasteiger partial charge on any atom is 0.280 e. The first-order valence-corrected chi connectivity index (χ1v) is 9.40. The zero-order valence-electron chi connectivity index (χ0n) is 15.7. The maximum atomic E-state index is 13.1. The molecule has 1 atom stereocenters. The fraction of sp³-hybridized carbons (Fsp3) is 0.238. The molecule has 0 spiro atoms. The number of nitro groups is 1. The van der Waals surface area contributed by atoms with Crippen LogP contribution in [0.3, 0.4) is 0 Å². The van der Waals surface area contributed by atoms with E-state index in [4.69, 9.17) is 4.74 Å². The third-order valence-corrected chi connectivity index (χ3v) is 4.86. The van der Waals surface area contributed by atoms with Gasteiger partial charge >= 0.3 is 0 Å². The lowest BCUT2D eigenvalue weighted by atomic mass is 10.1. The Kier molecular flexibility index (Phi) is 5.35. The highest BCUT2D eigenvalue weighted by Crippen LogP contribution is 2.21. The quantitative estimate of drug-likeness (QED) is 0.395. The van der Waals surface area contributed by atoms with E-state index in [9.17, 15) is 14.9 Å². The molecule has 0 radical (unpaired) electrons. The Labute approximate surface area is 166 Å². The number of non-ortho nitro benzene ring substituents is 1. The molecule has 0 amide bonds. The molecule has 8 nitrogen and oxygen atoms in total. The molecule has 1 fully saturated rings. The summed E-state index contributed by atoms with van der Waals surface area (Å²) in [4.78, 5) is 27.9. The van der Waals surface area contributed by atoms with E-state index in [0.717, 1.165) is 25.0 Å². The van der Waals surface area contributed by atoms with E-state index in [1.807, 2.05) is 30.3 Å². The molecule has 4 rings (SSSR count). The molecular weight excluding hydrogens is 372 g/mol. The van der Waals surface area contributed by atoms with Crippen LogP contribution in [0, 0.1) is 10.1 Å². The number of rotatable bonds is 6. The Morgan fingerprint density at radius 3 is 2.62 bits per heavy atom. The van der Waals surface area contributed by atoms with Crippen molar-refractivity contribution in [1.29, 1.82) is 0 Å². The Balaban J connectivity index is 1.73. The molecular formula is C21H20N4O4. The number of benzene rings is 2. The van der Waals surface area contributed by atoms with Gasteiger partial charge in [-0.2, -0.15) is 0 Å². The van der Waals surface area contributed by atoms with Gasteiger partial charge < -0.3 is 4.74 Å². The smallest absolute Gasteiger partial charge is 0.280 e. The van der Waals surface area contributed by atoms with Crippen LogP contribution in [0.1, 0.15) is 18.4 Å². The van der Waals surface area contributed by atoms with Crippen LogP contribution in [0.2, 0.25) is 0 Å². The van der Waals surface area contributed by atoms with Crippen molar-refractivity contribution < 1.29 is 9.66 Å². The number of nitro benzene ring substituents is 1. The van der Waals surface area contributed by atoms with Crippen molar-refractivity contribution in [3.8, 4) is 16.9 Å². The van der Waals surface area contributed by atoms with Crippen LogP contribution in [0.25, 0.3) is 16.9 Å². The monoisotopic (exact) mass is 392 g/mol. The molecule has 2 aromatic carbocycles. The van der Waals surface area contributed by atoms with Gasteiger partial charge in [0.2, 0.25) is 0 Å². The highest BCUT2D eigenvalue weighted by atomic mass is 16.6. The van der Waals surface area contributed by atoms with Crippen molar-refractivity contribution in [3.05, 3.63) is 80.6 Å². The Morgan fingerprint density at radius 2 is 1.97 bits per heavy atom. The topological polar surface area (TPSA) is 103 Å². The maximum absolute atomic E-state index is 13.1. The lowest BCUT2D eigenvalue weighted by Gasteiger charge is -2.04. The molecule has 8 heteroatoms. The number of aromatic amines is 1. The summed E-state index contributed by atoms with van der Waals surface area (Å²) in [5.74, 6) is 0. The summed E-state index contributed by atoms with van der Waals surface area (Å²) in [5.41, 5.74) is 2.14. The van der Waals surface area contributed by atoms with Crippen LogP contribution in [-0.2, 0) is 4.74 Å². The molecule has 0 saturated carbocycles. The number of nitrogens with one attached hydrogen (secondary N) is 1. The number of aliphatic imine (C=N–C) groups is 1. The van der Waals surface area contributed by atoms with Gasteiger partial charge in [0.15, 0.2) is 0 Å². The molecule has 1 aliphatic rings. The van der Waals surface area contributed by atoms with E-state index in [-0.39, 0.29) is 17.4 Å². The molecule has 1 aromatic heterocycles. The number of hydrogen-bond acceptors (Lipinski definition) is 5. The largest absolute Gasteiger partial charge is 0.376 e. The van der Waals surface area contributed by atoms with Crippen molar-refractivity contribution >= 4 is 11.9 Å². The first-order valence-electron chi connectivity index (χ1n) is 9.40. The van der Waals surface area contributed by atoms with E-state index in [1.54, 1.807) is 6.21 Å². The standard InChI is InChI=1S/C21H20N4O4/c26-21-19(14-22-13-18-7-4-12-29-18)20(15-5-2-1-3-6-15)23-24(21)16-8-10-17(11-9-16)25(27)28/h1-3,5-6,8-11,14,18,23H,4,7,12-13H2/t18-/m0/s1. The molecule has 1 aliphatic heterocycles. The second-order valence-corrected chi connectivity index (χ2v) is 6.81. The van der Waals surface area contributed by atoms with Gasteiger partial charge in [-0.25, -0.2) is 4.68 Å². The fourth-order valence-corrected chi connectivity index (χ4v) is 3.35. The van der Waals surface area contributed by atoms with Gasteiger partial charge in [0.1, 0.15) is 0 Å². The minimum Gasteiger partial charge on any atom is -0.376 e. The van der Waals surface area contributed by atoms with Gasteiger partial charge in [-0.05, 0) is 25.0 Å². The number of nitrogens with zero attached hydrogens (tertiary/aromatic N) is 3. The van der Waals surface area contributed by atoms with Crippen LogP contribution in [0.5, 0.6) is 0 Å². The van der Waals surface area contributed by atoms with Gasteiger partial charge in [0.25, 0.3) is 11.2 Å². The predicted octanol–water partition coefficient (Wildman–Crippen LogP) is 3.34. The summed E-state index contributed by atoms with van der Waals surface area (Å²) in [6.07, 6.45) is 3.70. The Morgan fingerprint density at radius 1 is 1.21 bits per heavy atom. The van der Waals surface area contributed by atoms with E-state index in [2.05, 4.69) is 10.1 Å². The van der Waals surface area contributed by atoms with E-state index >= 15 is 0 Å². The molecule has 1 N–H and O–H groups in total. The minimum absolute atomic E-state index is 0.0324. The fourth-order valence-electron chi connectivity index (χ4n) is 3.35. The third-order valence-electron chi connectivity index (χ3n) is 4.86. The summed E-state index contributed by atoms with van der Waals surface area (Å²) in [5, 5.41) is 14.0. The first-order chi connectivity index (χ1) is 14.1. The van der Waals surface area contributed by atoms with Crippen LogP contribution >= 0.6 is 0 Å². The average Bonchev–Trinajstić information content (AvgIpc) is 3.37. The zero-order valence-corrected chi connectivity index (χ0v) is 15.7. The summed E-state index contributed by atoms with van der Waals surface area (Å²) < 4.78 is 6.96. The SMILES string of the molecule is O=c1c(C=NC[C@@H]2CCCO2)c(-c2ccccc2)[nH]n1-c1ccc([N+](=O)[O-])cc1. The van der Waals surface area contributed by atoms with Gasteiger partial charge in [-0.15, -0.1) is 0 Å². The van der Waals surface area contributed by atoms with Crippen molar-refractivity contribution in [2.75, 3.05) is 13.2 Å². The second-order valence-electron chi connectivity index (χ2n) is 6.81. The van der Waals surface area contributed by atoms with Crippen molar-refractivity contribution in [2.45, 2.75) is 18.9 Å². The van der Waals surface area contributed by atoms with Crippen LogP contribution in [0.15, 0.2) is 64.4 Å². The molecule has 148 valence electrons. The predicted molar refractivity (Wildman–Crippen MR) is 110 cm³/mol. The summed E-state index contributed by atoms with van der Waals surface area (Å²) >= 11 is 0. The van der Waals surface area contributed by atoms with Crippen LogP contribution in [0.4, 0.5) is 5.69 Å². The number of hydrogen-bond donors (Lipinski definition) is 1. The number of ether oxygens (including phenoxy) is 1. The number of aromatic nitrogens is 2. The molecule has 2 heterocycles. The summed E-state index contributed by atoms with van der Waals surface area (Å²) in [6, 6.07) is 15.3. The van der Waals surface area contributed by atoms with Gasteiger partial charge in [0, 0.05) is 30.5 Å². The minimum atomic E-state index is -0.472. The highest BCUT2D eigenvalue weighted by molar-refractivity contribution is 5.88. The van der Waals surface area contributed by atoms with Crippen molar-refractivity contribution in [1.82, 2.24) is 9.78 Å². The van der Waals surface area contributed by atoms with E-state index < -0.39 is 4.92 Å². The summed E-state index contributed by atoms with van der Waals surface area (Å²) in [6.45, 7) is 1.27. The lowest BCUT2D eigenvalue weighted by molar-refractivity contribution is -0.384. The summed E-state index contributed by atoms with van der Waals surface area (Å²) in [7, 11) is 0. The number of H-pyrrole nitrogens is 1. The van der Waals surface area contributed by atoms with Crippen molar-refractivity contribution in [3.63, 3.8) is 0 Å². The molecule has 0 unspecified atom stereocenters. The van der Waals surface area contributed by atoms with Gasteiger partial charge in [-0.1, -0.05) is 30.3 Å². The molecule has 0 aliphatic carbocycles. The van der Waals surface area contributed by atoms with E-state index in [0.29, 0.717) is 23.5 Å². The van der Waals surface area contributed by atoms with Crippen LogP contribution in [-0.4, -0.2) is 40.2 Å². The van der Waals surface area contributed by atoms with E-state index in [1.165, 1.54) is 28.9 Å². The molecule has 29 heavy (non-hydrogen) atoms. The van der Waals surface area contributed by atoms with Crippen LogP contribution < -0.4 is 5.56 Å². The Hall–Kier alpha value is -3.52. The third kappa shape index (κ3) is 4.02. The first kappa shape index (κ1) is 18.8. The molecule has 0 bridgehead atoms. The molecule has 1 saturated heterocycles. The van der Waals surface area contributed by atoms with Gasteiger partial charge in [-0.3, -0.25) is 25.0 Å². The molecule has 3 aromatic rings. The zero-order chi connectivity index (χ0) is 20.2. The van der Waals surface area contributed by atoms with Gasteiger partial charge in [0.05, 0.1) is 34.5 Å². The van der Waals surface area contributed by atoms with Crippen molar-refractivity contribution in [2.24, 2.45) is 4.99 Å². The normalized spacial score (nSPS) is 16.5. The Bertz CT molecular complexity index is 1080. The average molecular weight is 392 g/mol.